The quantitative estimate of drug-likeness (QED) is 0.264. The van der Waals surface area contributed by atoms with Gasteiger partial charge in [0, 0.05) is 37.6 Å². The van der Waals surface area contributed by atoms with Gasteiger partial charge in [-0.15, -0.1) is 0 Å². The molecule has 3 N–H and O–H groups in total. The minimum atomic E-state index is -0.550. The molecule has 2 fully saturated rings. The maximum atomic E-state index is 14.9. The van der Waals surface area contributed by atoms with Gasteiger partial charge in [-0.3, -0.25) is 9.78 Å². The molecule has 3 atom stereocenters. The van der Waals surface area contributed by atoms with E-state index in [0.29, 0.717) is 49.4 Å². The van der Waals surface area contributed by atoms with Crippen LogP contribution in [0.25, 0.3) is 0 Å². The molecule has 0 radical (unpaired) electrons. The summed E-state index contributed by atoms with van der Waals surface area (Å²) in [6.07, 6.45) is 4.45. The normalized spacial score (nSPS) is 19.8. The molecule has 2 saturated heterocycles. The second-order valence-electron chi connectivity index (χ2n) is 11.3. The lowest BCUT2D eigenvalue weighted by Crippen LogP contribution is -2.49. The third-order valence-electron chi connectivity index (χ3n) is 8.01. The molecule has 2 aliphatic rings. The van der Waals surface area contributed by atoms with E-state index >= 15 is 0 Å². The van der Waals surface area contributed by atoms with E-state index in [0.717, 1.165) is 19.0 Å². The van der Waals surface area contributed by atoms with E-state index in [2.05, 4.69) is 20.9 Å². The fourth-order valence-electron chi connectivity index (χ4n) is 5.52. The molecule has 9 nitrogen and oxygen atoms in total. The number of halogens is 3. The number of aromatic nitrogens is 1. The Labute approximate surface area is 259 Å². The minimum Gasteiger partial charge on any atom is -0.448 e. The van der Waals surface area contributed by atoms with Crippen LogP contribution in [0.2, 0.25) is 0 Å². The van der Waals surface area contributed by atoms with E-state index in [-0.39, 0.29) is 43.4 Å². The topological polar surface area (TPSA) is 111 Å². The van der Waals surface area contributed by atoms with Gasteiger partial charge in [0.05, 0.1) is 42.9 Å². The van der Waals surface area contributed by atoms with Gasteiger partial charge in [-0.05, 0) is 61.1 Å². The average Bonchev–Trinajstić information content (AvgIpc) is 3.57. The van der Waals surface area contributed by atoms with E-state index in [1.54, 1.807) is 24.3 Å². The predicted molar refractivity (Wildman–Crippen MR) is 160 cm³/mol. The zero-order valence-electron chi connectivity index (χ0n) is 24.8. The molecule has 0 saturated carbocycles. The molecule has 5 rings (SSSR count). The summed E-state index contributed by atoms with van der Waals surface area (Å²) < 4.78 is 58.8. The van der Waals surface area contributed by atoms with Crippen molar-refractivity contribution in [3.05, 3.63) is 95.1 Å². The Morgan fingerprint density at radius 2 is 1.69 bits per heavy atom. The highest BCUT2D eigenvalue weighted by atomic mass is 19.1. The molecule has 3 aromatic rings. The van der Waals surface area contributed by atoms with Gasteiger partial charge < -0.3 is 30.2 Å². The summed E-state index contributed by atoms with van der Waals surface area (Å²) in [5, 5.41) is 8.80. The smallest absolute Gasteiger partial charge is 0.407 e. The van der Waals surface area contributed by atoms with Crippen LogP contribution in [0.1, 0.15) is 48.3 Å². The number of benzene rings is 2. The molecule has 3 heterocycles. The maximum Gasteiger partial charge on any atom is 0.407 e. The molecule has 2 aromatic carbocycles. The number of alkyl carbamates (subject to hydrolysis) is 1. The van der Waals surface area contributed by atoms with E-state index in [1.807, 2.05) is 0 Å². The van der Waals surface area contributed by atoms with Gasteiger partial charge in [0.2, 0.25) is 5.91 Å². The Hall–Kier alpha value is -4.00. The Morgan fingerprint density at radius 3 is 2.31 bits per heavy atom. The second kappa shape index (κ2) is 15.8. The lowest BCUT2D eigenvalue weighted by Gasteiger charge is -2.30. The highest BCUT2D eigenvalue weighted by Crippen LogP contribution is 2.30. The first-order valence-corrected chi connectivity index (χ1v) is 15.1. The van der Waals surface area contributed by atoms with Crippen molar-refractivity contribution in [1.29, 1.82) is 0 Å². The van der Waals surface area contributed by atoms with Crippen molar-refractivity contribution in [3.8, 4) is 0 Å². The highest BCUT2D eigenvalue weighted by molar-refractivity contribution is 5.92. The van der Waals surface area contributed by atoms with Crippen molar-refractivity contribution in [3.63, 3.8) is 0 Å². The Morgan fingerprint density at radius 1 is 0.978 bits per heavy atom. The largest absolute Gasteiger partial charge is 0.448 e. The maximum absolute atomic E-state index is 14.9. The van der Waals surface area contributed by atoms with Crippen molar-refractivity contribution >= 4 is 17.7 Å². The van der Waals surface area contributed by atoms with Crippen LogP contribution in [-0.4, -0.2) is 68.1 Å². The number of anilines is 1. The van der Waals surface area contributed by atoms with Crippen LogP contribution in [0.3, 0.4) is 0 Å². The van der Waals surface area contributed by atoms with Crippen LogP contribution >= 0.6 is 0 Å². The summed E-state index contributed by atoms with van der Waals surface area (Å²) in [6.45, 7) is 2.09. The fraction of sp³-hybridized carbons (Fsp3) is 0.424. The molecule has 45 heavy (non-hydrogen) atoms. The zero-order chi connectivity index (χ0) is 31.6. The first kappa shape index (κ1) is 32.4. The van der Waals surface area contributed by atoms with Crippen molar-refractivity contribution in [1.82, 2.24) is 15.6 Å². The molecular weight excluding hydrogens is 589 g/mol. The van der Waals surface area contributed by atoms with Crippen LogP contribution < -0.4 is 16.0 Å². The standard InChI is InChI=1S/C33H37F3N4O5/c34-23-7-3-21(4-8-23)29(22-5-9-24(35)10-6-22)14-32(41)40-31-18-37-17-30(36)28(31)12-11-27-15-38-25(19-44-27)20-45-33(42)39-16-26-2-1-13-43-26/h3-10,17-18,25-27,29,38H,1-2,11-16,19-20H2,(H,39,42)(H,40,41)/t25-,26?,27+/m0/s1. The second-order valence-corrected chi connectivity index (χ2v) is 11.3. The summed E-state index contributed by atoms with van der Waals surface area (Å²) in [4.78, 5) is 29.1. The predicted octanol–water partition coefficient (Wildman–Crippen LogP) is 4.85. The highest BCUT2D eigenvalue weighted by Gasteiger charge is 2.25. The van der Waals surface area contributed by atoms with Crippen LogP contribution in [-0.2, 0) is 25.4 Å². The van der Waals surface area contributed by atoms with Crippen molar-refractivity contribution in [2.45, 2.75) is 56.3 Å². The Bertz CT molecular complexity index is 1370. The number of amides is 2. The number of ether oxygens (including phenoxy) is 3. The first-order valence-electron chi connectivity index (χ1n) is 15.1. The van der Waals surface area contributed by atoms with Gasteiger partial charge in [0.15, 0.2) is 0 Å². The summed E-state index contributed by atoms with van der Waals surface area (Å²) in [7, 11) is 0. The van der Waals surface area contributed by atoms with Gasteiger partial charge in [0.1, 0.15) is 24.1 Å². The average molecular weight is 627 g/mol. The SMILES string of the molecule is O=C(CC(c1ccc(F)cc1)c1ccc(F)cc1)Nc1cncc(F)c1CC[C@@H]1CN[C@H](COC(=O)NCC2CCCO2)CO1. The molecule has 1 unspecified atom stereocenters. The molecule has 0 bridgehead atoms. The number of carbonyl (C=O) groups is 2. The third kappa shape index (κ3) is 9.49. The van der Waals surface area contributed by atoms with Crippen LogP contribution in [0.15, 0.2) is 60.9 Å². The minimum absolute atomic E-state index is 0.0354. The van der Waals surface area contributed by atoms with Gasteiger partial charge in [-0.2, -0.15) is 0 Å². The van der Waals surface area contributed by atoms with Crippen molar-refractivity contribution in [2.75, 3.05) is 38.2 Å². The van der Waals surface area contributed by atoms with Crippen molar-refractivity contribution < 1.29 is 37.0 Å². The molecule has 0 aliphatic carbocycles. The molecule has 2 amide bonds. The number of morpholine rings is 1. The van der Waals surface area contributed by atoms with E-state index in [1.165, 1.54) is 30.5 Å². The van der Waals surface area contributed by atoms with Crippen LogP contribution in [0.4, 0.5) is 23.7 Å². The lowest BCUT2D eigenvalue weighted by molar-refractivity contribution is -0.116. The van der Waals surface area contributed by atoms with Crippen molar-refractivity contribution in [2.24, 2.45) is 0 Å². The molecule has 0 spiro atoms. The van der Waals surface area contributed by atoms with Crippen LogP contribution in [0, 0.1) is 17.5 Å². The van der Waals surface area contributed by atoms with Gasteiger partial charge >= 0.3 is 6.09 Å². The summed E-state index contributed by atoms with van der Waals surface area (Å²) in [5.74, 6) is -2.26. The molecule has 240 valence electrons. The van der Waals surface area contributed by atoms with Gasteiger partial charge in [-0.25, -0.2) is 18.0 Å². The fourth-order valence-corrected chi connectivity index (χ4v) is 5.52. The van der Waals surface area contributed by atoms with E-state index in [4.69, 9.17) is 14.2 Å². The summed E-state index contributed by atoms with van der Waals surface area (Å²) >= 11 is 0. The Balaban J connectivity index is 1.12. The number of rotatable bonds is 12. The van der Waals surface area contributed by atoms with E-state index in [9.17, 15) is 22.8 Å². The Kier molecular flexibility index (Phi) is 11.4. The van der Waals surface area contributed by atoms with Gasteiger partial charge in [0.25, 0.3) is 0 Å². The monoisotopic (exact) mass is 626 g/mol. The molecule has 12 heteroatoms. The molecule has 1 aromatic heterocycles. The van der Waals surface area contributed by atoms with Gasteiger partial charge in [-0.1, -0.05) is 24.3 Å². The number of hydrogen-bond acceptors (Lipinski definition) is 7. The molecule has 2 aliphatic heterocycles. The number of hydrogen-bond donors (Lipinski definition) is 3. The number of nitrogens with one attached hydrogen (secondary N) is 3. The zero-order valence-corrected chi connectivity index (χ0v) is 24.8. The van der Waals surface area contributed by atoms with E-state index < -0.39 is 35.4 Å². The first-order chi connectivity index (χ1) is 21.8. The number of carbonyl (C=O) groups excluding carboxylic acids is 2. The number of nitrogens with zero attached hydrogens (tertiary/aromatic N) is 1. The summed E-state index contributed by atoms with van der Waals surface area (Å²) in [6, 6.07) is 11.4. The number of pyridine rings is 1. The summed E-state index contributed by atoms with van der Waals surface area (Å²) in [5.41, 5.74) is 1.91. The third-order valence-corrected chi connectivity index (χ3v) is 8.01. The lowest BCUT2D eigenvalue weighted by atomic mass is 9.88. The molecular formula is C33H37F3N4O5. The van der Waals surface area contributed by atoms with Crippen LogP contribution in [0.5, 0.6) is 0 Å².